The zero-order valence-corrected chi connectivity index (χ0v) is 11.5. The number of rotatable bonds is 3. The van der Waals surface area contributed by atoms with Crippen LogP contribution in [0.3, 0.4) is 0 Å². The van der Waals surface area contributed by atoms with Gasteiger partial charge in [0.25, 0.3) is 5.89 Å². The fraction of sp³-hybridized carbons (Fsp3) is 0.571. The Morgan fingerprint density at radius 2 is 2.21 bits per heavy atom. The minimum atomic E-state index is 0.259. The molecular weight excluding hydrogens is 244 g/mol. The fourth-order valence-electron chi connectivity index (χ4n) is 2.25. The number of nitrogens with zero attached hydrogens (tertiary/aromatic N) is 2. The van der Waals surface area contributed by atoms with Crippen molar-refractivity contribution in [3.63, 3.8) is 0 Å². The standard InChI is InChI=1S/C14H18N2O3/c1-8(2)12-6-11(9(3)18-12)14-15-13(16-19-14)10-4-5-17-7-10/h6,8,10H,4-5,7H2,1-3H3/t10-/m0/s1. The second-order valence-corrected chi connectivity index (χ2v) is 5.29. The van der Waals surface area contributed by atoms with Gasteiger partial charge in [0.1, 0.15) is 11.5 Å². The summed E-state index contributed by atoms with van der Waals surface area (Å²) in [5, 5.41) is 4.06. The van der Waals surface area contributed by atoms with Crippen molar-refractivity contribution in [3.8, 4) is 11.5 Å². The molecule has 1 aliphatic rings. The van der Waals surface area contributed by atoms with E-state index in [0.717, 1.165) is 35.9 Å². The molecule has 0 aromatic carbocycles. The summed E-state index contributed by atoms with van der Waals surface area (Å²) in [5.41, 5.74) is 0.890. The topological polar surface area (TPSA) is 61.3 Å². The maximum atomic E-state index is 5.71. The lowest BCUT2D eigenvalue weighted by Gasteiger charge is -1.97. The van der Waals surface area contributed by atoms with E-state index in [0.29, 0.717) is 18.4 Å². The van der Waals surface area contributed by atoms with Gasteiger partial charge in [-0.15, -0.1) is 0 Å². The van der Waals surface area contributed by atoms with Crippen molar-refractivity contribution < 1.29 is 13.7 Å². The largest absolute Gasteiger partial charge is 0.465 e. The summed E-state index contributed by atoms with van der Waals surface area (Å²) in [7, 11) is 0. The third-order valence-corrected chi connectivity index (χ3v) is 3.47. The Balaban J connectivity index is 1.89. The smallest absolute Gasteiger partial charge is 0.261 e. The molecule has 1 atom stereocenters. The Morgan fingerprint density at radius 1 is 1.37 bits per heavy atom. The van der Waals surface area contributed by atoms with Crippen LogP contribution < -0.4 is 0 Å². The van der Waals surface area contributed by atoms with Crippen molar-refractivity contribution in [1.29, 1.82) is 0 Å². The fourth-order valence-corrected chi connectivity index (χ4v) is 2.25. The highest BCUT2D eigenvalue weighted by Crippen LogP contribution is 2.31. The molecule has 0 unspecified atom stereocenters. The van der Waals surface area contributed by atoms with Crippen LogP contribution in [0.1, 0.15) is 49.4 Å². The van der Waals surface area contributed by atoms with Gasteiger partial charge < -0.3 is 13.7 Å². The molecular formula is C14H18N2O3. The van der Waals surface area contributed by atoms with E-state index in [9.17, 15) is 0 Å². The van der Waals surface area contributed by atoms with Crippen molar-refractivity contribution in [2.45, 2.75) is 39.0 Å². The molecule has 0 bridgehead atoms. The summed E-state index contributed by atoms with van der Waals surface area (Å²) in [5.74, 6) is 3.64. The van der Waals surface area contributed by atoms with Crippen LogP contribution in [-0.4, -0.2) is 23.4 Å². The van der Waals surface area contributed by atoms with Crippen molar-refractivity contribution in [3.05, 3.63) is 23.4 Å². The van der Waals surface area contributed by atoms with Gasteiger partial charge in [-0.3, -0.25) is 0 Å². The maximum Gasteiger partial charge on any atom is 0.261 e. The van der Waals surface area contributed by atoms with Crippen molar-refractivity contribution in [2.24, 2.45) is 0 Å². The Labute approximate surface area is 111 Å². The molecule has 3 rings (SSSR count). The molecule has 0 N–H and O–H groups in total. The van der Waals surface area contributed by atoms with E-state index in [1.54, 1.807) is 0 Å². The Hall–Kier alpha value is -1.62. The molecule has 1 fully saturated rings. The van der Waals surface area contributed by atoms with Crippen LogP contribution in [-0.2, 0) is 4.74 Å². The average molecular weight is 262 g/mol. The predicted molar refractivity (Wildman–Crippen MR) is 69.0 cm³/mol. The Kier molecular flexibility index (Phi) is 3.14. The molecule has 3 heterocycles. The van der Waals surface area contributed by atoms with Gasteiger partial charge in [-0.2, -0.15) is 4.98 Å². The lowest BCUT2D eigenvalue weighted by molar-refractivity contribution is 0.192. The number of aromatic nitrogens is 2. The number of hydrogen-bond acceptors (Lipinski definition) is 5. The molecule has 1 saturated heterocycles. The highest BCUT2D eigenvalue weighted by Gasteiger charge is 2.24. The van der Waals surface area contributed by atoms with Crippen LogP contribution in [0.4, 0.5) is 0 Å². The third kappa shape index (κ3) is 2.30. The van der Waals surface area contributed by atoms with Crippen molar-refractivity contribution >= 4 is 0 Å². The first-order valence-electron chi connectivity index (χ1n) is 6.67. The van der Waals surface area contributed by atoms with Crippen LogP contribution in [0, 0.1) is 6.92 Å². The SMILES string of the molecule is Cc1oc(C(C)C)cc1-c1nc([C@H]2CCOC2)no1. The van der Waals surface area contributed by atoms with Crippen LogP contribution in [0.15, 0.2) is 15.0 Å². The summed E-state index contributed by atoms with van der Waals surface area (Å²) in [4.78, 5) is 4.48. The number of aryl methyl sites for hydroxylation is 1. The van der Waals surface area contributed by atoms with Gasteiger partial charge in [0.05, 0.1) is 12.2 Å². The number of hydrogen-bond donors (Lipinski definition) is 0. The van der Waals surface area contributed by atoms with Crippen LogP contribution >= 0.6 is 0 Å². The van der Waals surface area contributed by atoms with E-state index in [-0.39, 0.29) is 5.92 Å². The quantitative estimate of drug-likeness (QED) is 0.849. The van der Waals surface area contributed by atoms with Crippen molar-refractivity contribution in [2.75, 3.05) is 13.2 Å². The molecule has 19 heavy (non-hydrogen) atoms. The molecule has 0 aliphatic carbocycles. The minimum Gasteiger partial charge on any atom is -0.465 e. The average Bonchev–Trinajstić information content (AvgIpc) is 3.07. The highest BCUT2D eigenvalue weighted by atomic mass is 16.5. The molecule has 2 aromatic rings. The van der Waals surface area contributed by atoms with E-state index < -0.39 is 0 Å². The molecule has 0 saturated carbocycles. The first-order chi connectivity index (χ1) is 9.15. The molecule has 1 aliphatic heterocycles. The van der Waals surface area contributed by atoms with E-state index in [1.165, 1.54) is 0 Å². The summed E-state index contributed by atoms with van der Waals surface area (Å²) < 4.78 is 16.4. The first-order valence-corrected chi connectivity index (χ1v) is 6.67. The molecule has 0 spiro atoms. The van der Waals surface area contributed by atoms with Crippen LogP contribution in [0.2, 0.25) is 0 Å². The van der Waals surface area contributed by atoms with E-state index in [4.69, 9.17) is 13.7 Å². The monoisotopic (exact) mass is 262 g/mol. The molecule has 2 aromatic heterocycles. The molecule has 0 amide bonds. The Morgan fingerprint density at radius 3 is 2.84 bits per heavy atom. The van der Waals surface area contributed by atoms with Gasteiger partial charge in [-0.1, -0.05) is 19.0 Å². The second-order valence-electron chi connectivity index (χ2n) is 5.29. The lowest BCUT2D eigenvalue weighted by Crippen LogP contribution is -1.99. The van der Waals surface area contributed by atoms with Crippen LogP contribution in [0.25, 0.3) is 11.5 Å². The van der Waals surface area contributed by atoms with Gasteiger partial charge in [-0.05, 0) is 19.4 Å². The number of furan rings is 1. The summed E-state index contributed by atoms with van der Waals surface area (Å²) in [6.45, 7) is 7.56. The zero-order chi connectivity index (χ0) is 13.4. The highest BCUT2D eigenvalue weighted by molar-refractivity contribution is 5.56. The summed E-state index contributed by atoms with van der Waals surface area (Å²) >= 11 is 0. The lowest BCUT2D eigenvalue weighted by atomic mass is 10.1. The normalized spacial score (nSPS) is 19.5. The zero-order valence-electron chi connectivity index (χ0n) is 11.5. The molecule has 5 nitrogen and oxygen atoms in total. The van der Waals surface area contributed by atoms with Gasteiger partial charge in [0.15, 0.2) is 5.82 Å². The van der Waals surface area contributed by atoms with E-state index in [2.05, 4.69) is 24.0 Å². The number of ether oxygens (including phenoxy) is 1. The van der Waals surface area contributed by atoms with Gasteiger partial charge >= 0.3 is 0 Å². The van der Waals surface area contributed by atoms with Crippen molar-refractivity contribution in [1.82, 2.24) is 10.1 Å². The predicted octanol–water partition coefficient (Wildman–Crippen LogP) is 3.27. The molecule has 0 radical (unpaired) electrons. The third-order valence-electron chi connectivity index (χ3n) is 3.47. The summed E-state index contributed by atoms with van der Waals surface area (Å²) in [6, 6.07) is 1.99. The maximum absolute atomic E-state index is 5.71. The molecule has 5 heteroatoms. The Bertz CT molecular complexity index is 565. The first kappa shape index (κ1) is 12.4. The van der Waals surface area contributed by atoms with E-state index >= 15 is 0 Å². The second kappa shape index (κ2) is 4.81. The van der Waals surface area contributed by atoms with E-state index in [1.807, 2.05) is 13.0 Å². The molecule has 102 valence electrons. The summed E-state index contributed by atoms with van der Waals surface area (Å²) in [6.07, 6.45) is 0.959. The van der Waals surface area contributed by atoms with Gasteiger partial charge in [-0.25, -0.2) is 0 Å². The minimum absolute atomic E-state index is 0.259. The van der Waals surface area contributed by atoms with Gasteiger partial charge in [0.2, 0.25) is 0 Å². The van der Waals surface area contributed by atoms with Gasteiger partial charge in [0, 0.05) is 18.4 Å². The van der Waals surface area contributed by atoms with Crippen LogP contribution in [0.5, 0.6) is 0 Å².